The molecule has 5 rings (SSSR count). The number of allylic oxidation sites excluding steroid dienone is 4. The maximum Gasteiger partial charge on any atom is 0.306 e. The summed E-state index contributed by atoms with van der Waals surface area (Å²) in [5.74, 6) is 3.40. The second kappa shape index (κ2) is 5.39. The lowest BCUT2D eigenvalue weighted by atomic mass is 9.47. The molecule has 0 amide bonds. The van der Waals surface area contributed by atoms with Crippen LogP contribution in [0.5, 0.6) is 0 Å². The lowest BCUT2D eigenvalue weighted by molar-refractivity contribution is -0.167. The van der Waals surface area contributed by atoms with Gasteiger partial charge in [-0.25, -0.2) is 0 Å². The predicted octanol–water partition coefficient (Wildman–Crippen LogP) is 5.17. The molecule has 142 valence electrons. The highest BCUT2D eigenvalue weighted by molar-refractivity contribution is 5.72. The van der Waals surface area contributed by atoms with E-state index in [4.69, 9.17) is 9.47 Å². The summed E-state index contributed by atoms with van der Waals surface area (Å²) in [6, 6.07) is 0. The van der Waals surface area contributed by atoms with Crippen molar-refractivity contribution in [2.24, 2.45) is 28.6 Å². The van der Waals surface area contributed by atoms with Crippen LogP contribution in [0.1, 0.15) is 71.6 Å². The van der Waals surface area contributed by atoms with Gasteiger partial charge < -0.3 is 9.47 Å². The molecule has 0 radical (unpaired) electrons. The fourth-order valence-electron chi connectivity index (χ4n) is 7.76. The summed E-state index contributed by atoms with van der Waals surface area (Å²) in [6.07, 6.45) is 14.7. The molecular formula is C23H32O3. The molecule has 0 aromatic carbocycles. The average molecular weight is 357 g/mol. The highest BCUT2D eigenvalue weighted by Crippen LogP contribution is 2.69. The number of esters is 1. The van der Waals surface area contributed by atoms with Crippen molar-refractivity contribution in [1.82, 2.24) is 0 Å². The van der Waals surface area contributed by atoms with E-state index in [9.17, 15) is 4.79 Å². The third-order valence-electron chi connectivity index (χ3n) is 9.33. The highest BCUT2D eigenvalue weighted by atomic mass is 16.6. The Balaban J connectivity index is 1.49. The van der Waals surface area contributed by atoms with Gasteiger partial charge in [0, 0.05) is 18.3 Å². The predicted molar refractivity (Wildman–Crippen MR) is 100 cm³/mol. The Hall–Kier alpha value is -1.25. The lowest BCUT2D eigenvalue weighted by Crippen LogP contribution is -2.54. The van der Waals surface area contributed by atoms with Crippen LogP contribution in [-0.2, 0) is 14.3 Å². The molecule has 1 spiro atoms. The molecule has 1 heterocycles. The van der Waals surface area contributed by atoms with E-state index in [-0.39, 0.29) is 17.0 Å². The first-order valence-corrected chi connectivity index (χ1v) is 10.6. The maximum atomic E-state index is 12.0. The summed E-state index contributed by atoms with van der Waals surface area (Å²) in [4.78, 5) is 12.0. The number of methoxy groups -OCH3 is 1. The first-order chi connectivity index (χ1) is 12.4. The van der Waals surface area contributed by atoms with E-state index in [1.54, 1.807) is 7.11 Å². The van der Waals surface area contributed by atoms with E-state index in [0.717, 1.165) is 36.9 Å². The Morgan fingerprint density at radius 3 is 2.62 bits per heavy atom. The van der Waals surface area contributed by atoms with Crippen molar-refractivity contribution in [2.75, 3.05) is 7.11 Å². The van der Waals surface area contributed by atoms with E-state index in [1.165, 1.54) is 37.7 Å². The van der Waals surface area contributed by atoms with Crippen LogP contribution in [0.2, 0.25) is 0 Å². The van der Waals surface area contributed by atoms with Crippen molar-refractivity contribution >= 4 is 5.97 Å². The minimum atomic E-state index is -0.152. The Labute approximate surface area is 157 Å². The van der Waals surface area contributed by atoms with Gasteiger partial charge in [-0.05, 0) is 79.8 Å². The fourth-order valence-corrected chi connectivity index (χ4v) is 7.76. The zero-order valence-corrected chi connectivity index (χ0v) is 16.5. The van der Waals surface area contributed by atoms with Crippen molar-refractivity contribution in [3.63, 3.8) is 0 Å². The molecule has 1 aliphatic heterocycles. The van der Waals surface area contributed by atoms with E-state index in [2.05, 4.69) is 26.0 Å². The number of hydrogen-bond acceptors (Lipinski definition) is 3. The molecule has 1 saturated heterocycles. The SMILES string of the molecule is COC1=CC2=CC[C@@H]3[C@H](CC[C@]4(C)[C@H]3CC[C@@]43CCC(=O)O3)[C@]2(C)CC1. The zero-order valence-electron chi connectivity index (χ0n) is 16.5. The Bertz CT molecular complexity index is 706. The lowest BCUT2D eigenvalue weighted by Gasteiger charge is -2.58. The van der Waals surface area contributed by atoms with Gasteiger partial charge in [-0.2, -0.15) is 0 Å². The maximum absolute atomic E-state index is 12.0. The first-order valence-electron chi connectivity index (χ1n) is 10.6. The van der Waals surface area contributed by atoms with Gasteiger partial charge in [0.1, 0.15) is 5.60 Å². The standard InChI is InChI=1S/C23H32O3/c1-21-10-6-16(25-3)14-15(21)4-5-17-18(21)7-11-22(2)19(17)8-12-23(22)13-9-20(24)26-23/h4,14,17-19H,5-13H2,1-3H3/t17-,18+,19+,21-,22-,23-/m1/s1. The molecule has 4 aliphatic carbocycles. The minimum Gasteiger partial charge on any atom is -0.501 e. The third kappa shape index (κ3) is 1.98. The molecule has 6 atom stereocenters. The molecule has 5 aliphatic rings. The molecule has 3 heteroatoms. The van der Waals surface area contributed by atoms with E-state index in [1.807, 2.05) is 0 Å². The van der Waals surface area contributed by atoms with Crippen molar-refractivity contribution in [1.29, 1.82) is 0 Å². The molecule has 0 N–H and O–H groups in total. The number of ether oxygens (including phenoxy) is 2. The molecule has 2 saturated carbocycles. The largest absolute Gasteiger partial charge is 0.501 e. The van der Waals surface area contributed by atoms with Crippen molar-refractivity contribution in [3.05, 3.63) is 23.5 Å². The van der Waals surface area contributed by atoms with Crippen LogP contribution in [-0.4, -0.2) is 18.7 Å². The van der Waals surface area contributed by atoms with E-state index >= 15 is 0 Å². The minimum absolute atomic E-state index is 0.0382. The van der Waals surface area contributed by atoms with Gasteiger partial charge in [0.05, 0.1) is 12.9 Å². The Morgan fingerprint density at radius 2 is 1.88 bits per heavy atom. The van der Waals surface area contributed by atoms with Gasteiger partial charge in [0.15, 0.2) is 0 Å². The quantitative estimate of drug-likeness (QED) is 0.608. The van der Waals surface area contributed by atoms with Crippen molar-refractivity contribution in [2.45, 2.75) is 77.2 Å². The number of carbonyl (C=O) groups is 1. The number of fused-ring (bicyclic) bond motifs is 6. The smallest absolute Gasteiger partial charge is 0.306 e. The summed E-state index contributed by atoms with van der Waals surface area (Å²) in [7, 11) is 1.80. The van der Waals surface area contributed by atoms with Crippen LogP contribution in [0.3, 0.4) is 0 Å². The molecule has 3 fully saturated rings. The zero-order chi connectivity index (χ0) is 18.2. The van der Waals surface area contributed by atoms with Crippen molar-refractivity contribution in [3.8, 4) is 0 Å². The van der Waals surface area contributed by atoms with Gasteiger partial charge in [-0.15, -0.1) is 0 Å². The molecule has 0 bridgehead atoms. The topological polar surface area (TPSA) is 35.5 Å². The van der Waals surface area contributed by atoms with Gasteiger partial charge in [-0.1, -0.05) is 19.9 Å². The molecule has 3 nitrogen and oxygen atoms in total. The van der Waals surface area contributed by atoms with Gasteiger partial charge in [0.25, 0.3) is 0 Å². The summed E-state index contributed by atoms with van der Waals surface area (Å²) in [5.41, 5.74) is 1.85. The van der Waals surface area contributed by atoms with Crippen molar-refractivity contribution < 1.29 is 14.3 Å². The van der Waals surface area contributed by atoms with Gasteiger partial charge >= 0.3 is 5.97 Å². The second-order valence-electron chi connectivity index (χ2n) is 9.97. The fraction of sp³-hybridized carbons (Fsp3) is 0.783. The Kier molecular flexibility index (Phi) is 3.50. The second-order valence-corrected chi connectivity index (χ2v) is 9.97. The van der Waals surface area contributed by atoms with Gasteiger partial charge in [0.2, 0.25) is 0 Å². The van der Waals surface area contributed by atoms with Crippen LogP contribution in [0.25, 0.3) is 0 Å². The molecule has 0 unspecified atom stereocenters. The first kappa shape index (κ1) is 16.9. The van der Waals surface area contributed by atoms with Crippen LogP contribution in [0, 0.1) is 28.6 Å². The van der Waals surface area contributed by atoms with Crippen LogP contribution in [0.15, 0.2) is 23.5 Å². The molecule has 26 heavy (non-hydrogen) atoms. The van der Waals surface area contributed by atoms with E-state index in [0.29, 0.717) is 17.8 Å². The van der Waals surface area contributed by atoms with Gasteiger partial charge in [-0.3, -0.25) is 4.79 Å². The average Bonchev–Trinajstić information content (AvgIpc) is 3.15. The number of hydrogen-bond donors (Lipinski definition) is 0. The monoisotopic (exact) mass is 356 g/mol. The normalized spacial score (nSPS) is 49.7. The molecule has 0 aromatic rings. The summed E-state index contributed by atoms with van der Waals surface area (Å²) >= 11 is 0. The Morgan fingerprint density at radius 1 is 1.08 bits per heavy atom. The summed E-state index contributed by atoms with van der Waals surface area (Å²) in [6.45, 7) is 4.95. The summed E-state index contributed by atoms with van der Waals surface area (Å²) < 4.78 is 11.6. The van der Waals surface area contributed by atoms with Crippen LogP contribution < -0.4 is 0 Å². The van der Waals surface area contributed by atoms with Crippen LogP contribution in [0.4, 0.5) is 0 Å². The summed E-state index contributed by atoms with van der Waals surface area (Å²) in [5, 5.41) is 0. The molecule has 0 aromatic heterocycles. The third-order valence-corrected chi connectivity index (χ3v) is 9.33. The van der Waals surface area contributed by atoms with E-state index < -0.39 is 0 Å². The van der Waals surface area contributed by atoms with Crippen LogP contribution >= 0.6 is 0 Å². The number of rotatable bonds is 1. The number of carbonyl (C=O) groups excluding carboxylic acids is 1. The highest BCUT2D eigenvalue weighted by Gasteiger charge is 2.66. The molecular weight excluding hydrogens is 324 g/mol.